The zero-order valence-corrected chi connectivity index (χ0v) is 13.8. The van der Waals surface area contributed by atoms with Crippen LogP contribution >= 0.6 is 11.6 Å². The van der Waals surface area contributed by atoms with Crippen molar-refractivity contribution in [1.29, 1.82) is 0 Å². The number of nitrogens with one attached hydrogen (secondary N) is 2. The van der Waals surface area contributed by atoms with Crippen LogP contribution in [0.3, 0.4) is 0 Å². The van der Waals surface area contributed by atoms with Gasteiger partial charge in [0.15, 0.2) is 11.6 Å². The molecule has 1 heterocycles. The highest BCUT2D eigenvalue weighted by Gasteiger charge is 2.06. The maximum Gasteiger partial charge on any atom is 0.229 e. The second-order valence-electron chi connectivity index (χ2n) is 5.29. The van der Waals surface area contributed by atoms with E-state index in [1.807, 2.05) is 0 Å². The van der Waals surface area contributed by atoms with Gasteiger partial charge in [0.1, 0.15) is 5.82 Å². The van der Waals surface area contributed by atoms with Gasteiger partial charge in [-0.3, -0.25) is 4.79 Å². The number of benzene rings is 2. The molecule has 5 nitrogen and oxygen atoms in total. The fourth-order valence-corrected chi connectivity index (χ4v) is 2.28. The molecule has 2 aromatic carbocycles. The summed E-state index contributed by atoms with van der Waals surface area (Å²) in [7, 11) is 0. The highest BCUT2D eigenvalue weighted by atomic mass is 35.5. The Kier molecular flexibility index (Phi) is 5.20. The van der Waals surface area contributed by atoms with Gasteiger partial charge in [0, 0.05) is 10.7 Å². The Balaban J connectivity index is 1.58. The van der Waals surface area contributed by atoms with E-state index in [0.717, 1.165) is 5.56 Å². The van der Waals surface area contributed by atoms with Crippen molar-refractivity contribution in [1.82, 2.24) is 10.2 Å². The van der Waals surface area contributed by atoms with Gasteiger partial charge in [0.2, 0.25) is 5.91 Å². The first-order valence-corrected chi connectivity index (χ1v) is 7.87. The second kappa shape index (κ2) is 7.72. The highest BCUT2D eigenvalue weighted by molar-refractivity contribution is 6.30. The number of hydrogen-bond donors (Lipinski definition) is 2. The van der Waals surface area contributed by atoms with Crippen LogP contribution < -0.4 is 10.6 Å². The summed E-state index contributed by atoms with van der Waals surface area (Å²) in [4.78, 5) is 12.0. The number of nitrogens with zero attached hydrogens (tertiary/aromatic N) is 2. The van der Waals surface area contributed by atoms with Gasteiger partial charge in [-0.2, -0.15) is 0 Å². The lowest BCUT2D eigenvalue weighted by atomic mass is 10.1. The molecule has 1 aromatic heterocycles. The van der Waals surface area contributed by atoms with Crippen LogP contribution in [-0.4, -0.2) is 16.1 Å². The predicted octanol–water partition coefficient (Wildman–Crippen LogP) is 4.19. The smallest absolute Gasteiger partial charge is 0.229 e. The summed E-state index contributed by atoms with van der Waals surface area (Å²) in [6, 6.07) is 16.3. The van der Waals surface area contributed by atoms with Crippen molar-refractivity contribution in [3.05, 3.63) is 77.1 Å². The molecule has 0 bridgehead atoms. The summed E-state index contributed by atoms with van der Waals surface area (Å²) in [5, 5.41) is 14.1. The van der Waals surface area contributed by atoms with E-state index in [1.165, 1.54) is 12.1 Å². The molecule has 0 aliphatic heterocycles. The van der Waals surface area contributed by atoms with E-state index in [2.05, 4.69) is 20.8 Å². The van der Waals surface area contributed by atoms with Crippen LogP contribution in [0.2, 0.25) is 5.02 Å². The normalized spacial score (nSPS) is 10.3. The molecule has 2 N–H and O–H groups in total. The maximum absolute atomic E-state index is 13.1. The van der Waals surface area contributed by atoms with Crippen molar-refractivity contribution in [2.75, 3.05) is 10.6 Å². The lowest BCUT2D eigenvalue weighted by Crippen LogP contribution is -2.15. The molecule has 0 unspecified atom stereocenters. The van der Waals surface area contributed by atoms with Crippen LogP contribution in [0.5, 0.6) is 0 Å². The van der Waals surface area contributed by atoms with Gasteiger partial charge in [0.25, 0.3) is 0 Å². The van der Waals surface area contributed by atoms with Crippen molar-refractivity contribution >= 4 is 34.8 Å². The topological polar surface area (TPSA) is 66.9 Å². The summed E-state index contributed by atoms with van der Waals surface area (Å²) in [6.45, 7) is 0. The average Bonchev–Trinajstić information content (AvgIpc) is 2.59. The summed E-state index contributed by atoms with van der Waals surface area (Å²) in [6.07, 6.45) is 0.210. The van der Waals surface area contributed by atoms with Crippen molar-refractivity contribution in [2.24, 2.45) is 0 Å². The van der Waals surface area contributed by atoms with E-state index in [-0.39, 0.29) is 18.1 Å². The molecule has 0 radical (unpaired) electrons. The SMILES string of the molecule is O=C(Cc1ccc(Cl)cc1)Nc1ccc(Nc2cccc(F)c2)nn1. The first-order valence-electron chi connectivity index (χ1n) is 7.49. The van der Waals surface area contributed by atoms with Gasteiger partial charge in [-0.1, -0.05) is 29.8 Å². The number of carbonyl (C=O) groups excluding carboxylic acids is 1. The Hall–Kier alpha value is -2.99. The molecule has 3 aromatic rings. The molecule has 0 saturated heterocycles. The number of rotatable bonds is 5. The predicted molar refractivity (Wildman–Crippen MR) is 95.5 cm³/mol. The Labute approximate surface area is 148 Å². The molecular formula is C18H14ClFN4O. The minimum absolute atomic E-state index is 0.206. The zero-order valence-electron chi connectivity index (χ0n) is 13.0. The minimum atomic E-state index is -0.343. The van der Waals surface area contributed by atoms with Crippen molar-refractivity contribution in [3.8, 4) is 0 Å². The van der Waals surface area contributed by atoms with Gasteiger partial charge < -0.3 is 10.6 Å². The second-order valence-corrected chi connectivity index (χ2v) is 5.73. The first-order chi connectivity index (χ1) is 12.1. The first kappa shape index (κ1) is 16.9. The monoisotopic (exact) mass is 356 g/mol. The average molecular weight is 357 g/mol. The van der Waals surface area contributed by atoms with Crippen LogP contribution in [0.4, 0.5) is 21.7 Å². The van der Waals surface area contributed by atoms with E-state index in [0.29, 0.717) is 22.3 Å². The van der Waals surface area contributed by atoms with E-state index in [9.17, 15) is 9.18 Å². The van der Waals surface area contributed by atoms with Gasteiger partial charge in [-0.15, -0.1) is 10.2 Å². The lowest BCUT2D eigenvalue weighted by Gasteiger charge is -2.07. The van der Waals surface area contributed by atoms with Gasteiger partial charge in [0.05, 0.1) is 6.42 Å². The van der Waals surface area contributed by atoms with E-state index < -0.39 is 0 Å². The van der Waals surface area contributed by atoms with Crippen molar-refractivity contribution < 1.29 is 9.18 Å². The van der Waals surface area contributed by atoms with Crippen LogP contribution in [0.1, 0.15) is 5.56 Å². The van der Waals surface area contributed by atoms with Gasteiger partial charge in [-0.05, 0) is 48.0 Å². The third-order valence-corrected chi connectivity index (χ3v) is 3.56. The molecule has 1 amide bonds. The molecule has 0 atom stereocenters. The molecule has 0 aliphatic carbocycles. The Bertz CT molecular complexity index is 869. The molecule has 7 heteroatoms. The number of halogens is 2. The maximum atomic E-state index is 13.1. The van der Waals surface area contributed by atoms with E-state index in [4.69, 9.17) is 11.6 Å². The van der Waals surface area contributed by atoms with Crippen LogP contribution in [0, 0.1) is 5.82 Å². The highest BCUT2D eigenvalue weighted by Crippen LogP contribution is 2.16. The fourth-order valence-electron chi connectivity index (χ4n) is 2.15. The molecule has 126 valence electrons. The summed E-state index contributed by atoms with van der Waals surface area (Å²) in [5.74, 6) is 0.233. The third kappa shape index (κ3) is 4.99. The van der Waals surface area contributed by atoms with E-state index >= 15 is 0 Å². The van der Waals surface area contributed by atoms with Gasteiger partial charge >= 0.3 is 0 Å². The van der Waals surface area contributed by atoms with Crippen molar-refractivity contribution in [2.45, 2.75) is 6.42 Å². The standard InChI is InChI=1S/C18H14ClFN4O/c19-13-6-4-12(5-7-13)10-18(25)22-17-9-8-16(23-24-17)21-15-3-1-2-14(20)11-15/h1-9,11H,10H2,(H,21,23)(H,22,24,25). The number of carbonyl (C=O) groups is 1. The Morgan fingerprint density at radius 1 is 1.00 bits per heavy atom. The molecular weight excluding hydrogens is 343 g/mol. The molecule has 25 heavy (non-hydrogen) atoms. The number of amides is 1. The number of anilines is 3. The van der Waals surface area contributed by atoms with E-state index in [1.54, 1.807) is 48.5 Å². The third-order valence-electron chi connectivity index (χ3n) is 3.31. The Morgan fingerprint density at radius 2 is 1.72 bits per heavy atom. The Morgan fingerprint density at radius 3 is 2.40 bits per heavy atom. The molecule has 0 aliphatic rings. The van der Waals surface area contributed by atoms with Crippen molar-refractivity contribution in [3.63, 3.8) is 0 Å². The minimum Gasteiger partial charge on any atom is -0.339 e. The lowest BCUT2D eigenvalue weighted by molar-refractivity contribution is -0.115. The van der Waals surface area contributed by atoms with Crippen LogP contribution in [0.25, 0.3) is 0 Å². The quantitative estimate of drug-likeness (QED) is 0.719. The molecule has 3 rings (SSSR count). The number of aromatic nitrogens is 2. The molecule has 0 spiro atoms. The van der Waals surface area contributed by atoms with Gasteiger partial charge in [-0.25, -0.2) is 4.39 Å². The summed E-state index contributed by atoms with van der Waals surface area (Å²) >= 11 is 5.81. The zero-order chi connectivity index (χ0) is 17.6. The number of hydrogen-bond acceptors (Lipinski definition) is 4. The summed E-state index contributed by atoms with van der Waals surface area (Å²) in [5.41, 5.74) is 1.41. The fraction of sp³-hybridized carbons (Fsp3) is 0.0556. The molecule has 0 saturated carbocycles. The molecule has 0 fully saturated rings. The van der Waals surface area contributed by atoms with Crippen LogP contribution in [0.15, 0.2) is 60.7 Å². The van der Waals surface area contributed by atoms with Crippen LogP contribution in [-0.2, 0) is 11.2 Å². The summed E-state index contributed by atoms with van der Waals surface area (Å²) < 4.78 is 13.1. The largest absolute Gasteiger partial charge is 0.339 e.